The summed E-state index contributed by atoms with van der Waals surface area (Å²) in [4.78, 5) is 13.4. The third-order valence-electron chi connectivity index (χ3n) is 3.43. The van der Waals surface area contributed by atoms with Gasteiger partial charge >= 0.3 is 0 Å². The first-order chi connectivity index (χ1) is 11.1. The maximum atomic E-state index is 12.3. The molecule has 2 aromatic carbocycles. The number of thioether (sulfide) groups is 1. The second-order valence-electron chi connectivity index (χ2n) is 5.33. The van der Waals surface area contributed by atoms with Crippen molar-refractivity contribution in [2.75, 3.05) is 6.61 Å². The summed E-state index contributed by atoms with van der Waals surface area (Å²) in [5.74, 6) is 0.857. The van der Waals surface area contributed by atoms with Gasteiger partial charge in [-0.15, -0.1) is 11.8 Å². The monoisotopic (exact) mass is 329 g/mol. The Balaban J connectivity index is 1.90. The van der Waals surface area contributed by atoms with Crippen LogP contribution in [0.5, 0.6) is 5.75 Å². The Morgan fingerprint density at radius 1 is 1.17 bits per heavy atom. The van der Waals surface area contributed by atoms with Crippen LogP contribution in [0.25, 0.3) is 0 Å². The first-order valence-corrected chi connectivity index (χ1v) is 8.70. The van der Waals surface area contributed by atoms with Gasteiger partial charge in [-0.25, -0.2) is 0 Å². The molecule has 122 valence electrons. The molecule has 0 aromatic heterocycles. The summed E-state index contributed by atoms with van der Waals surface area (Å²) in [6, 6.07) is 16.0. The van der Waals surface area contributed by atoms with E-state index in [1.165, 1.54) is 5.56 Å². The molecule has 1 amide bonds. The van der Waals surface area contributed by atoms with Crippen molar-refractivity contribution >= 4 is 17.7 Å². The van der Waals surface area contributed by atoms with Gasteiger partial charge in [0.1, 0.15) is 5.75 Å². The summed E-state index contributed by atoms with van der Waals surface area (Å²) in [6.45, 7) is 7.03. The van der Waals surface area contributed by atoms with Gasteiger partial charge in [0.05, 0.1) is 11.9 Å². The summed E-state index contributed by atoms with van der Waals surface area (Å²) in [5.41, 5.74) is 2.22. The van der Waals surface area contributed by atoms with Crippen LogP contribution in [0.4, 0.5) is 0 Å². The lowest BCUT2D eigenvalue weighted by molar-refractivity contribution is -0.120. The summed E-state index contributed by atoms with van der Waals surface area (Å²) in [6.07, 6.45) is 0. The summed E-state index contributed by atoms with van der Waals surface area (Å²) >= 11 is 1.57. The van der Waals surface area contributed by atoms with Crippen molar-refractivity contribution in [1.82, 2.24) is 5.32 Å². The highest BCUT2D eigenvalue weighted by atomic mass is 32.2. The van der Waals surface area contributed by atoms with E-state index in [1.54, 1.807) is 11.8 Å². The van der Waals surface area contributed by atoms with Gasteiger partial charge in [-0.3, -0.25) is 4.79 Å². The number of rotatable bonds is 7. The van der Waals surface area contributed by atoms with Crippen LogP contribution in [0, 0.1) is 6.92 Å². The molecule has 0 spiro atoms. The fourth-order valence-electron chi connectivity index (χ4n) is 2.15. The zero-order valence-electron chi connectivity index (χ0n) is 13.8. The van der Waals surface area contributed by atoms with Gasteiger partial charge in [0.2, 0.25) is 5.91 Å². The number of hydrogen-bond donors (Lipinski definition) is 1. The van der Waals surface area contributed by atoms with Crippen LogP contribution in [0.3, 0.4) is 0 Å². The maximum absolute atomic E-state index is 12.3. The van der Waals surface area contributed by atoms with E-state index in [9.17, 15) is 4.79 Å². The Morgan fingerprint density at radius 3 is 2.57 bits per heavy atom. The van der Waals surface area contributed by atoms with Crippen molar-refractivity contribution in [3.8, 4) is 5.75 Å². The van der Waals surface area contributed by atoms with Crippen LogP contribution in [-0.2, 0) is 11.3 Å². The van der Waals surface area contributed by atoms with Gasteiger partial charge in [0, 0.05) is 17.0 Å². The van der Waals surface area contributed by atoms with E-state index >= 15 is 0 Å². The number of aryl methyl sites for hydroxylation is 1. The van der Waals surface area contributed by atoms with E-state index in [4.69, 9.17) is 4.74 Å². The quantitative estimate of drug-likeness (QED) is 0.774. The lowest BCUT2D eigenvalue weighted by Crippen LogP contribution is -2.30. The van der Waals surface area contributed by atoms with Crippen LogP contribution in [0.15, 0.2) is 53.4 Å². The number of benzene rings is 2. The SMILES string of the molecule is CCOc1ccccc1CNC(=O)[C@@H](C)Sc1ccc(C)cc1. The largest absolute Gasteiger partial charge is 0.494 e. The molecular weight excluding hydrogens is 306 g/mol. The van der Waals surface area contributed by atoms with Crippen molar-refractivity contribution in [3.63, 3.8) is 0 Å². The van der Waals surface area contributed by atoms with Gasteiger partial charge < -0.3 is 10.1 Å². The normalized spacial score (nSPS) is 11.8. The molecule has 2 aromatic rings. The molecule has 0 bridgehead atoms. The smallest absolute Gasteiger partial charge is 0.233 e. The molecule has 4 heteroatoms. The highest BCUT2D eigenvalue weighted by Crippen LogP contribution is 2.24. The predicted molar refractivity (Wildman–Crippen MR) is 96.0 cm³/mol. The Labute approximate surface area is 142 Å². The highest BCUT2D eigenvalue weighted by molar-refractivity contribution is 8.00. The molecule has 0 aliphatic heterocycles. The average Bonchev–Trinajstić information content (AvgIpc) is 2.56. The molecule has 0 aliphatic rings. The lowest BCUT2D eigenvalue weighted by Gasteiger charge is -2.14. The van der Waals surface area contributed by atoms with Crippen molar-refractivity contribution in [2.45, 2.75) is 37.5 Å². The number of ether oxygens (including phenoxy) is 1. The van der Waals surface area contributed by atoms with Crippen molar-refractivity contribution in [3.05, 3.63) is 59.7 Å². The number of para-hydroxylation sites is 1. The van der Waals surface area contributed by atoms with Crippen LogP contribution < -0.4 is 10.1 Å². The van der Waals surface area contributed by atoms with Crippen molar-refractivity contribution in [1.29, 1.82) is 0 Å². The molecule has 0 unspecified atom stereocenters. The van der Waals surface area contributed by atoms with E-state index in [-0.39, 0.29) is 11.2 Å². The highest BCUT2D eigenvalue weighted by Gasteiger charge is 2.14. The van der Waals surface area contributed by atoms with E-state index in [1.807, 2.05) is 50.2 Å². The first kappa shape index (κ1) is 17.4. The zero-order chi connectivity index (χ0) is 16.7. The molecule has 1 atom stereocenters. The number of hydrogen-bond acceptors (Lipinski definition) is 3. The average molecular weight is 329 g/mol. The number of carbonyl (C=O) groups is 1. The van der Waals surface area contributed by atoms with Crippen LogP contribution in [-0.4, -0.2) is 17.8 Å². The van der Waals surface area contributed by atoms with Gasteiger partial charge in [-0.1, -0.05) is 35.9 Å². The number of amides is 1. The molecule has 0 aliphatic carbocycles. The Kier molecular flexibility index (Phi) is 6.53. The van der Waals surface area contributed by atoms with E-state index in [2.05, 4.69) is 24.4 Å². The Hall–Kier alpha value is -1.94. The van der Waals surface area contributed by atoms with Crippen LogP contribution in [0.1, 0.15) is 25.0 Å². The molecule has 0 fully saturated rings. The Morgan fingerprint density at radius 2 is 1.87 bits per heavy atom. The second kappa shape index (κ2) is 8.63. The van der Waals surface area contributed by atoms with Gasteiger partial charge in [-0.05, 0) is 39.0 Å². The zero-order valence-corrected chi connectivity index (χ0v) is 14.7. The van der Waals surface area contributed by atoms with Crippen LogP contribution in [0.2, 0.25) is 0 Å². The molecule has 23 heavy (non-hydrogen) atoms. The molecule has 3 nitrogen and oxygen atoms in total. The minimum absolute atomic E-state index is 0.0295. The van der Waals surface area contributed by atoms with Gasteiger partial charge in [0.15, 0.2) is 0 Å². The molecule has 0 saturated heterocycles. The number of carbonyl (C=O) groups excluding carboxylic acids is 1. The van der Waals surface area contributed by atoms with Gasteiger partial charge in [-0.2, -0.15) is 0 Å². The fraction of sp³-hybridized carbons (Fsp3) is 0.316. The minimum atomic E-state index is -0.142. The second-order valence-corrected chi connectivity index (χ2v) is 6.75. The molecule has 0 saturated carbocycles. The summed E-state index contributed by atoms with van der Waals surface area (Å²) in [5, 5.41) is 2.85. The van der Waals surface area contributed by atoms with E-state index in [0.717, 1.165) is 16.2 Å². The molecular formula is C19H23NO2S. The van der Waals surface area contributed by atoms with E-state index < -0.39 is 0 Å². The lowest BCUT2D eigenvalue weighted by atomic mass is 10.2. The summed E-state index contributed by atoms with van der Waals surface area (Å²) < 4.78 is 5.58. The standard InChI is InChI=1S/C19H23NO2S/c1-4-22-18-8-6-5-7-16(18)13-20-19(21)15(3)23-17-11-9-14(2)10-12-17/h5-12,15H,4,13H2,1-3H3,(H,20,21)/t15-/m1/s1. The van der Waals surface area contributed by atoms with Crippen LogP contribution >= 0.6 is 11.8 Å². The number of nitrogens with one attached hydrogen (secondary N) is 1. The van der Waals surface area contributed by atoms with Crippen molar-refractivity contribution in [2.24, 2.45) is 0 Å². The fourth-order valence-corrected chi connectivity index (χ4v) is 3.04. The third-order valence-corrected chi connectivity index (χ3v) is 4.54. The third kappa shape index (κ3) is 5.32. The Bertz CT molecular complexity index is 640. The minimum Gasteiger partial charge on any atom is -0.494 e. The molecule has 2 rings (SSSR count). The molecule has 0 radical (unpaired) electrons. The molecule has 0 heterocycles. The first-order valence-electron chi connectivity index (χ1n) is 7.82. The molecule has 1 N–H and O–H groups in total. The van der Waals surface area contributed by atoms with E-state index in [0.29, 0.717) is 13.2 Å². The van der Waals surface area contributed by atoms with Gasteiger partial charge in [0.25, 0.3) is 0 Å². The maximum Gasteiger partial charge on any atom is 0.233 e. The summed E-state index contributed by atoms with van der Waals surface area (Å²) in [7, 11) is 0. The predicted octanol–water partition coefficient (Wildman–Crippen LogP) is 4.19. The van der Waals surface area contributed by atoms with Crippen molar-refractivity contribution < 1.29 is 9.53 Å². The topological polar surface area (TPSA) is 38.3 Å².